The van der Waals surface area contributed by atoms with Crippen LogP contribution in [0.4, 0.5) is 0 Å². The van der Waals surface area contributed by atoms with Gasteiger partial charge in [-0.2, -0.15) is 0 Å². The first-order valence-corrected chi connectivity index (χ1v) is 4.33. The van der Waals surface area contributed by atoms with Crippen LogP contribution in [0.1, 0.15) is 17.3 Å². The van der Waals surface area contributed by atoms with Gasteiger partial charge in [0.05, 0.1) is 0 Å². The van der Waals surface area contributed by atoms with Gasteiger partial charge >= 0.3 is 5.97 Å². The van der Waals surface area contributed by atoms with Crippen molar-refractivity contribution in [3.8, 4) is 5.75 Å². The van der Waals surface area contributed by atoms with Gasteiger partial charge in [0.15, 0.2) is 0 Å². The van der Waals surface area contributed by atoms with Crippen LogP contribution in [0.5, 0.6) is 5.75 Å². The number of benzene rings is 1. The van der Waals surface area contributed by atoms with E-state index in [1.165, 1.54) is 31.2 Å². The van der Waals surface area contributed by atoms with E-state index in [0.717, 1.165) is 0 Å². The van der Waals surface area contributed by atoms with Gasteiger partial charge in [0, 0.05) is 5.56 Å². The lowest BCUT2D eigenvalue weighted by Crippen LogP contribution is -2.38. The Morgan fingerprint density at radius 2 is 2.07 bits per heavy atom. The molecule has 0 bridgehead atoms. The van der Waals surface area contributed by atoms with E-state index in [4.69, 9.17) is 10.2 Å². The molecule has 0 fully saturated rings. The smallest absolute Gasteiger partial charge is 0.325 e. The number of aliphatic carboxylic acids is 1. The van der Waals surface area contributed by atoms with Crippen molar-refractivity contribution in [1.29, 1.82) is 0 Å². The topological polar surface area (TPSA) is 86.6 Å². The molecule has 15 heavy (non-hydrogen) atoms. The Balaban J connectivity index is 2.73. The van der Waals surface area contributed by atoms with E-state index in [9.17, 15) is 9.59 Å². The van der Waals surface area contributed by atoms with E-state index >= 15 is 0 Å². The van der Waals surface area contributed by atoms with Crippen molar-refractivity contribution in [3.63, 3.8) is 0 Å². The van der Waals surface area contributed by atoms with E-state index in [-0.39, 0.29) is 11.3 Å². The summed E-state index contributed by atoms with van der Waals surface area (Å²) in [6.07, 6.45) is 0. The number of aromatic hydroxyl groups is 1. The monoisotopic (exact) mass is 209 g/mol. The zero-order chi connectivity index (χ0) is 11.4. The summed E-state index contributed by atoms with van der Waals surface area (Å²) < 4.78 is 0. The lowest BCUT2D eigenvalue weighted by atomic mass is 10.2. The summed E-state index contributed by atoms with van der Waals surface area (Å²) in [6.45, 7) is 1.36. The van der Waals surface area contributed by atoms with Crippen molar-refractivity contribution in [1.82, 2.24) is 5.32 Å². The zero-order valence-corrected chi connectivity index (χ0v) is 8.10. The molecule has 0 aliphatic rings. The predicted molar refractivity (Wildman–Crippen MR) is 52.7 cm³/mol. The molecule has 0 spiro atoms. The second-order valence-electron chi connectivity index (χ2n) is 3.08. The number of carbonyl (C=O) groups is 2. The molecule has 1 atom stereocenters. The number of carboxylic acids is 1. The SMILES string of the molecule is CC(NC(=O)c1cccc(O)c1)C(=O)O. The Bertz CT molecular complexity index is 389. The third kappa shape index (κ3) is 2.98. The van der Waals surface area contributed by atoms with Crippen molar-refractivity contribution >= 4 is 11.9 Å². The zero-order valence-electron chi connectivity index (χ0n) is 8.10. The molecule has 0 saturated heterocycles. The average molecular weight is 209 g/mol. The van der Waals surface area contributed by atoms with Crippen LogP contribution < -0.4 is 5.32 Å². The third-order valence-corrected chi connectivity index (χ3v) is 1.83. The number of phenols is 1. The maximum Gasteiger partial charge on any atom is 0.325 e. The Labute approximate surface area is 86.4 Å². The maximum absolute atomic E-state index is 11.4. The normalized spacial score (nSPS) is 11.8. The molecule has 0 aromatic heterocycles. The first-order chi connectivity index (χ1) is 7.00. The number of nitrogens with one attached hydrogen (secondary N) is 1. The van der Waals surface area contributed by atoms with Crippen molar-refractivity contribution in [2.75, 3.05) is 0 Å². The molecular formula is C10H11NO4. The van der Waals surface area contributed by atoms with Gasteiger partial charge in [-0.05, 0) is 25.1 Å². The van der Waals surface area contributed by atoms with Crippen LogP contribution in [0.25, 0.3) is 0 Å². The standard InChI is InChI=1S/C10H11NO4/c1-6(10(14)15)11-9(13)7-3-2-4-8(12)5-7/h2-6,12H,1H3,(H,11,13)(H,14,15). The van der Waals surface area contributed by atoms with Crippen LogP contribution >= 0.6 is 0 Å². The number of hydrogen-bond acceptors (Lipinski definition) is 3. The highest BCUT2D eigenvalue weighted by atomic mass is 16.4. The third-order valence-electron chi connectivity index (χ3n) is 1.83. The molecule has 0 heterocycles. The molecule has 1 unspecified atom stereocenters. The molecule has 0 radical (unpaired) electrons. The van der Waals surface area contributed by atoms with Crippen LogP contribution in [0.2, 0.25) is 0 Å². The minimum absolute atomic E-state index is 0.0365. The first-order valence-electron chi connectivity index (χ1n) is 4.33. The second-order valence-corrected chi connectivity index (χ2v) is 3.08. The molecule has 1 amide bonds. The molecule has 0 aliphatic carbocycles. The van der Waals surface area contributed by atoms with Gasteiger partial charge in [-0.15, -0.1) is 0 Å². The summed E-state index contributed by atoms with van der Waals surface area (Å²) >= 11 is 0. The molecule has 1 aromatic carbocycles. The average Bonchev–Trinajstić information content (AvgIpc) is 2.17. The summed E-state index contributed by atoms with van der Waals surface area (Å²) in [6, 6.07) is 4.74. The number of phenolic OH excluding ortho intramolecular Hbond substituents is 1. The highest BCUT2D eigenvalue weighted by molar-refractivity contribution is 5.96. The van der Waals surface area contributed by atoms with Crippen LogP contribution in [-0.4, -0.2) is 28.1 Å². The minimum Gasteiger partial charge on any atom is -0.508 e. The lowest BCUT2D eigenvalue weighted by molar-refractivity contribution is -0.138. The van der Waals surface area contributed by atoms with Crippen molar-refractivity contribution in [2.45, 2.75) is 13.0 Å². The summed E-state index contributed by atoms with van der Waals surface area (Å²) in [5.74, 6) is -1.67. The van der Waals surface area contributed by atoms with E-state index in [2.05, 4.69) is 5.32 Å². The lowest BCUT2D eigenvalue weighted by Gasteiger charge is -2.08. The van der Waals surface area contributed by atoms with Gasteiger partial charge in [0.25, 0.3) is 5.91 Å². The molecule has 5 nitrogen and oxygen atoms in total. The fraction of sp³-hybridized carbons (Fsp3) is 0.200. The fourth-order valence-electron chi connectivity index (χ4n) is 0.989. The molecule has 5 heteroatoms. The van der Waals surface area contributed by atoms with E-state index in [1.807, 2.05) is 0 Å². The molecule has 0 aliphatic heterocycles. The van der Waals surface area contributed by atoms with Gasteiger partial charge in [-0.3, -0.25) is 9.59 Å². The summed E-state index contributed by atoms with van der Waals surface area (Å²) in [7, 11) is 0. The number of carbonyl (C=O) groups excluding carboxylic acids is 1. The quantitative estimate of drug-likeness (QED) is 0.680. The van der Waals surface area contributed by atoms with E-state index in [0.29, 0.717) is 0 Å². The van der Waals surface area contributed by atoms with Crippen LogP contribution in [0.3, 0.4) is 0 Å². The van der Waals surface area contributed by atoms with E-state index < -0.39 is 17.9 Å². The number of amides is 1. The van der Waals surface area contributed by atoms with Crippen molar-refractivity contribution in [2.24, 2.45) is 0 Å². The molecule has 1 aromatic rings. The number of rotatable bonds is 3. The second kappa shape index (κ2) is 4.45. The molecule has 3 N–H and O–H groups in total. The van der Waals surface area contributed by atoms with Gasteiger partial charge in [0.1, 0.15) is 11.8 Å². The Morgan fingerprint density at radius 1 is 1.40 bits per heavy atom. The highest BCUT2D eigenvalue weighted by Gasteiger charge is 2.15. The van der Waals surface area contributed by atoms with Gasteiger partial charge in [0.2, 0.25) is 0 Å². The highest BCUT2D eigenvalue weighted by Crippen LogP contribution is 2.10. The number of carboxylic acid groups (broad SMARTS) is 1. The summed E-state index contributed by atoms with van der Waals surface area (Å²) in [5.41, 5.74) is 0.225. The van der Waals surface area contributed by atoms with Crippen molar-refractivity contribution in [3.05, 3.63) is 29.8 Å². The van der Waals surface area contributed by atoms with Crippen LogP contribution in [0.15, 0.2) is 24.3 Å². The summed E-state index contributed by atoms with van der Waals surface area (Å²) in [5, 5.41) is 20.0. The minimum atomic E-state index is -1.11. The predicted octanol–water partition coefficient (Wildman–Crippen LogP) is 0.595. The summed E-state index contributed by atoms with van der Waals surface area (Å²) in [4.78, 5) is 21.9. The van der Waals surface area contributed by atoms with Gasteiger partial charge in [-0.25, -0.2) is 0 Å². The largest absolute Gasteiger partial charge is 0.508 e. The Kier molecular flexibility index (Phi) is 3.28. The Hall–Kier alpha value is -2.04. The molecule has 1 rings (SSSR count). The maximum atomic E-state index is 11.4. The molecule has 80 valence electrons. The van der Waals surface area contributed by atoms with Crippen LogP contribution in [0, 0.1) is 0 Å². The van der Waals surface area contributed by atoms with Gasteiger partial charge < -0.3 is 15.5 Å². The fourth-order valence-corrected chi connectivity index (χ4v) is 0.989. The molecule has 0 saturated carbocycles. The Morgan fingerprint density at radius 3 is 2.60 bits per heavy atom. The first kappa shape index (κ1) is 11.0. The van der Waals surface area contributed by atoms with Crippen molar-refractivity contribution < 1.29 is 19.8 Å². The van der Waals surface area contributed by atoms with Gasteiger partial charge in [-0.1, -0.05) is 6.07 Å². The number of hydrogen-bond donors (Lipinski definition) is 3. The molecular weight excluding hydrogens is 198 g/mol. The van der Waals surface area contributed by atoms with Crippen LogP contribution in [-0.2, 0) is 4.79 Å². The van der Waals surface area contributed by atoms with E-state index in [1.54, 1.807) is 0 Å².